The average Bonchev–Trinajstić information content (AvgIpc) is 2.01. The number of morpholine rings is 1. The van der Waals surface area contributed by atoms with Crippen LogP contribution in [-0.2, 0) is 9.53 Å². The van der Waals surface area contributed by atoms with Crippen LogP contribution in [0.4, 0.5) is 0 Å². The Balaban J connectivity index is 2.60. The Hall–Kier alpha value is -0.610. The maximum Gasteiger partial charge on any atom is 0.323 e. The van der Waals surface area contributed by atoms with Crippen molar-refractivity contribution in [2.24, 2.45) is 5.41 Å². The molecule has 0 aliphatic carbocycles. The summed E-state index contributed by atoms with van der Waals surface area (Å²) in [7, 11) is 0. The molecule has 0 saturated carbocycles. The fraction of sp³-hybridized carbons (Fsp3) is 0.900. The fourth-order valence-electron chi connectivity index (χ4n) is 1.58. The molecular formula is C10H19NO3. The molecular weight excluding hydrogens is 182 g/mol. The molecule has 0 aromatic heterocycles. The van der Waals surface area contributed by atoms with Crippen molar-refractivity contribution in [2.45, 2.75) is 45.9 Å². The standard InChI is InChI=1S/C10H19NO3/c1-6-8(9(12)13)11-5-7(14-6)10(2,3)4/h6-8,11H,5H2,1-4H3,(H,12,13). The Morgan fingerprint density at radius 3 is 2.43 bits per heavy atom. The monoisotopic (exact) mass is 201 g/mol. The molecule has 0 radical (unpaired) electrons. The van der Waals surface area contributed by atoms with Crippen LogP contribution in [0.3, 0.4) is 0 Å². The van der Waals surface area contributed by atoms with E-state index in [1.165, 1.54) is 0 Å². The molecule has 0 spiro atoms. The van der Waals surface area contributed by atoms with E-state index in [1.807, 2.05) is 0 Å². The lowest BCUT2D eigenvalue weighted by atomic mass is 9.87. The van der Waals surface area contributed by atoms with Crippen LogP contribution in [0.15, 0.2) is 0 Å². The first-order chi connectivity index (χ1) is 6.32. The van der Waals surface area contributed by atoms with Crippen molar-refractivity contribution in [1.82, 2.24) is 5.32 Å². The molecule has 1 fully saturated rings. The molecule has 1 saturated heterocycles. The van der Waals surface area contributed by atoms with E-state index < -0.39 is 12.0 Å². The molecule has 82 valence electrons. The number of carboxylic acid groups (broad SMARTS) is 1. The highest BCUT2D eigenvalue weighted by atomic mass is 16.5. The van der Waals surface area contributed by atoms with Crippen LogP contribution in [0.25, 0.3) is 0 Å². The van der Waals surface area contributed by atoms with Crippen LogP contribution in [0.2, 0.25) is 0 Å². The van der Waals surface area contributed by atoms with Gasteiger partial charge in [-0.05, 0) is 12.3 Å². The summed E-state index contributed by atoms with van der Waals surface area (Å²) in [5, 5.41) is 11.9. The van der Waals surface area contributed by atoms with Crippen molar-refractivity contribution in [1.29, 1.82) is 0 Å². The van der Waals surface area contributed by atoms with Gasteiger partial charge >= 0.3 is 5.97 Å². The van der Waals surface area contributed by atoms with Crippen molar-refractivity contribution in [3.8, 4) is 0 Å². The zero-order chi connectivity index (χ0) is 10.9. The minimum absolute atomic E-state index is 0.0464. The minimum atomic E-state index is -0.843. The molecule has 2 N–H and O–H groups in total. The molecule has 14 heavy (non-hydrogen) atoms. The molecule has 1 heterocycles. The zero-order valence-corrected chi connectivity index (χ0v) is 9.20. The summed E-state index contributed by atoms with van der Waals surface area (Å²) in [5.74, 6) is -0.843. The molecule has 3 unspecified atom stereocenters. The van der Waals surface area contributed by atoms with E-state index in [0.29, 0.717) is 6.54 Å². The smallest absolute Gasteiger partial charge is 0.323 e. The van der Waals surface area contributed by atoms with Crippen LogP contribution in [0.1, 0.15) is 27.7 Å². The van der Waals surface area contributed by atoms with Gasteiger partial charge in [-0.15, -0.1) is 0 Å². The van der Waals surface area contributed by atoms with E-state index in [9.17, 15) is 4.79 Å². The maximum absolute atomic E-state index is 10.8. The number of carboxylic acids is 1. The number of aliphatic carboxylic acids is 1. The average molecular weight is 201 g/mol. The SMILES string of the molecule is CC1OC(C(C)(C)C)CNC1C(=O)O. The van der Waals surface area contributed by atoms with Gasteiger partial charge in [0.2, 0.25) is 0 Å². The molecule has 1 aliphatic heterocycles. The number of hydrogen-bond acceptors (Lipinski definition) is 3. The van der Waals surface area contributed by atoms with E-state index >= 15 is 0 Å². The lowest BCUT2D eigenvalue weighted by Gasteiger charge is -2.40. The second-order valence-corrected chi connectivity index (χ2v) is 4.92. The third-order valence-corrected chi connectivity index (χ3v) is 2.60. The van der Waals surface area contributed by atoms with Gasteiger partial charge in [-0.25, -0.2) is 0 Å². The van der Waals surface area contributed by atoms with Crippen LogP contribution in [-0.4, -0.2) is 35.9 Å². The molecule has 1 aliphatic rings. The van der Waals surface area contributed by atoms with Gasteiger partial charge in [-0.2, -0.15) is 0 Å². The number of carbonyl (C=O) groups is 1. The van der Waals surface area contributed by atoms with Gasteiger partial charge in [0, 0.05) is 6.54 Å². The van der Waals surface area contributed by atoms with Crippen LogP contribution >= 0.6 is 0 Å². The zero-order valence-electron chi connectivity index (χ0n) is 9.20. The summed E-state index contributed by atoms with van der Waals surface area (Å²) in [6, 6.07) is -0.575. The summed E-state index contributed by atoms with van der Waals surface area (Å²) in [6.07, 6.45) is -0.196. The highest BCUT2D eigenvalue weighted by Crippen LogP contribution is 2.26. The van der Waals surface area contributed by atoms with Gasteiger partial charge in [0.1, 0.15) is 6.04 Å². The number of rotatable bonds is 1. The molecule has 4 heteroatoms. The first-order valence-electron chi connectivity index (χ1n) is 4.94. The van der Waals surface area contributed by atoms with Crippen molar-refractivity contribution in [3.05, 3.63) is 0 Å². The second-order valence-electron chi connectivity index (χ2n) is 4.92. The summed E-state index contributed by atoms with van der Waals surface area (Å²) < 4.78 is 5.68. The van der Waals surface area contributed by atoms with E-state index in [0.717, 1.165) is 0 Å². The molecule has 1 rings (SSSR count). The van der Waals surface area contributed by atoms with Gasteiger partial charge in [0.05, 0.1) is 12.2 Å². The lowest BCUT2D eigenvalue weighted by Crippen LogP contribution is -2.57. The summed E-state index contributed by atoms with van der Waals surface area (Å²) in [6.45, 7) is 8.67. The van der Waals surface area contributed by atoms with Gasteiger partial charge in [-0.3, -0.25) is 10.1 Å². The fourth-order valence-corrected chi connectivity index (χ4v) is 1.58. The first kappa shape index (κ1) is 11.5. The Morgan fingerprint density at radius 2 is 2.07 bits per heavy atom. The van der Waals surface area contributed by atoms with E-state index in [2.05, 4.69) is 26.1 Å². The van der Waals surface area contributed by atoms with E-state index in [4.69, 9.17) is 9.84 Å². The quantitative estimate of drug-likeness (QED) is 0.660. The largest absolute Gasteiger partial charge is 0.480 e. The van der Waals surface area contributed by atoms with E-state index in [1.54, 1.807) is 6.92 Å². The Morgan fingerprint density at radius 1 is 1.50 bits per heavy atom. The number of ether oxygens (including phenoxy) is 1. The van der Waals surface area contributed by atoms with Crippen molar-refractivity contribution in [3.63, 3.8) is 0 Å². The van der Waals surface area contributed by atoms with E-state index in [-0.39, 0.29) is 17.6 Å². The third-order valence-electron chi connectivity index (χ3n) is 2.60. The number of hydrogen-bond donors (Lipinski definition) is 2. The summed E-state index contributed by atoms with van der Waals surface area (Å²) in [5.41, 5.74) is 0.0464. The Bertz CT molecular complexity index is 222. The Kier molecular flexibility index (Phi) is 3.17. The first-order valence-corrected chi connectivity index (χ1v) is 4.94. The van der Waals surface area contributed by atoms with Crippen molar-refractivity contribution in [2.75, 3.05) is 6.54 Å². The number of nitrogens with one attached hydrogen (secondary N) is 1. The summed E-state index contributed by atoms with van der Waals surface area (Å²) in [4.78, 5) is 10.8. The summed E-state index contributed by atoms with van der Waals surface area (Å²) >= 11 is 0. The highest BCUT2D eigenvalue weighted by Gasteiger charge is 2.37. The van der Waals surface area contributed by atoms with Crippen molar-refractivity contribution < 1.29 is 14.6 Å². The van der Waals surface area contributed by atoms with Crippen LogP contribution < -0.4 is 5.32 Å². The lowest BCUT2D eigenvalue weighted by molar-refractivity contribution is -0.154. The second kappa shape index (κ2) is 3.87. The van der Waals surface area contributed by atoms with Crippen LogP contribution in [0.5, 0.6) is 0 Å². The molecule has 4 nitrogen and oxygen atoms in total. The predicted molar refractivity (Wildman–Crippen MR) is 53.2 cm³/mol. The third kappa shape index (κ3) is 2.45. The topological polar surface area (TPSA) is 58.6 Å². The van der Waals surface area contributed by atoms with Crippen LogP contribution in [0, 0.1) is 5.41 Å². The highest BCUT2D eigenvalue weighted by molar-refractivity contribution is 5.74. The van der Waals surface area contributed by atoms with Gasteiger partial charge in [0.25, 0.3) is 0 Å². The Labute approximate surface area is 84.6 Å². The molecule has 0 bridgehead atoms. The van der Waals surface area contributed by atoms with Crippen molar-refractivity contribution >= 4 is 5.97 Å². The van der Waals surface area contributed by atoms with Gasteiger partial charge in [0.15, 0.2) is 0 Å². The molecule has 3 atom stereocenters. The molecule has 0 amide bonds. The molecule has 0 aromatic rings. The van der Waals surface area contributed by atoms with Gasteiger partial charge < -0.3 is 9.84 Å². The normalized spacial score (nSPS) is 34.1. The van der Waals surface area contributed by atoms with Gasteiger partial charge in [-0.1, -0.05) is 20.8 Å². The maximum atomic E-state index is 10.8. The minimum Gasteiger partial charge on any atom is -0.480 e. The molecule has 0 aromatic carbocycles. The predicted octanol–water partition coefficient (Wildman–Crippen LogP) is 0.863.